The fraction of sp³-hybridized carbons (Fsp3) is 0.409. The Bertz CT molecular complexity index is 727. The highest BCUT2D eigenvalue weighted by atomic mass is 16.5. The molecule has 0 fully saturated rings. The van der Waals surface area contributed by atoms with Crippen LogP contribution in [-0.4, -0.2) is 32.7 Å². The lowest BCUT2D eigenvalue weighted by molar-refractivity contribution is -0.120. The smallest absolute Gasteiger partial charge is 0.221 e. The SMILES string of the molecule is COc1ccc(OCCNC(=O)CCNc2c(C)cccc2C(C)C)cc1. The van der Waals surface area contributed by atoms with Crippen LogP contribution in [-0.2, 0) is 4.79 Å². The highest BCUT2D eigenvalue weighted by Gasteiger charge is 2.09. The van der Waals surface area contributed by atoms with E-state index in [2.05, 4.69) is 49.6 Å². The maximum Gasteiger partial charge on any atom is 0.221 e. The quantitative estimate of drug-likeness (QED) is 0.618. The molecule has 0 aliphatic carbocycles. The zero-order chi connectivity index (χ0) is 19.6. The second-order valence-electron chi connectivity index (χ2n) is 6.74. The molecule has 1 amide bonds. The van der Waals surface area contributed by atoms with Crippen LogP contribution in [0.2, 0.25) is 0 Å². The van der Waals surface area contributed by atoms with Crippen molar-refractivity contribution in [3.63, 3.8) is 0 Å². The van der Waals surface area contributed by atoms with Crippen LogP contribution in [0.25, 0.3) is 0 Å². The molecule has 0 unspecified atom stereocenters. The van der Waals surface area contributed by atoms with Crippen LogP contribution in [0.15, 0.2) is 42.5 Å². The summed E-state index contributed by atoms with van der Waals surface area (Å²) in [6.45, 7) is 7.96. The number of hydrogen-bond acceptors (Lipinski definition) is 4. The van der Waals surface area contributed by atoms with Crippen LogP contribution in [0.3, 0.4) is 0 Å². The highest BCUT2D eigenvalue weighted by molar-refractivity contribution is 5.76. The molecule has 2 aromatic carbocycles. The fourth-order valence-electron chi connectivity index (χ4n) is 2.83. The molecule has 146 valence electrons. The zero-order valence-electron chi connectivity index (χ0n) is 16.7. The number of methoxy groups -OCH3 is 1. The summed E-state index contributed by atoms with van der Waals surface area (Å²) in [5, 5.41) is 6.30. The Morgan fingerprint density at radius 3 is 2.41 bits per heavy atom. The highest BCUT2D eigenvalue weighted by Crippen LogP contribution is 2.27. The molecule has 0 aliphatic heterocycles. The van der Waals surface area contributed by atoms with Crippen molar-refractivity contribution in [2.24, 2.45) is 0 Å². The van der Waals surface area contributed by atoms with Gasteiger partial charge in [0.1, 0.15) is 18.1 Å². The van der Waals surface area contributed by atoms with Gasteiger partial charge in [-0.3, -0.25) is 4.79 Å². The minimum atomic E-state index is 0.0144. The van der Waals surface area contributed by atoms with E-state index in [9.17, 15) is 4.79 Å². The molecular formula is C22H30N2O3. The second kappa shape index (κ2) is 10.5. The number of para-hydroxylation sites is 1. The van der Waals surface area contributed by atoms with Crippen molar-refractivity contribution in [3.05, 3.63) is 53.6 Å². The van der Waals surface area contributed by atoms with Gasteiger partial charge in [-0.25, -0.2) is 0 Å². The molecule has 0 aromatic heterocycles. The average Bonchev–Trinajstić information content (AvgIpc) is 2.66. The van der Waals surface area contributed by atoms with E-state index in [0.29, 0.717) is 32.0 Å². The molecule has 0 spiro atoms. The van der Waals surface area contributed by atoms with Gasteiger partial charge in [0, 0.05) is 18.7 Å². The van der Waals surface area contributed by atoms with Gasteiger partial charge in [0.05, 0.1) is 13.7 Å². The van der Waals surface area contributed by atoms with Crippen molar-refractivity contribution in [2.45, 2.75) is 33.1 Å². The van der Waals surface area contributed by atoms with E-state index in [-0.39, 0.29) is 5.91 Å². The molecule has 2 rings (SSSR count). The summed E-state index contributed by atoms with van der Waals surface area (Å²) in [6.07, 6.45) is 0.425. The van der Waals surface area contributed by atoms with E-state index in [0.717, 1.165) is 17.2 Å². The normalized spacial score (nSPS) is 10.6. The number of amides is 1. The van der Waals surface area contributed by atoms with E-state index in [1.165, 1.54) is 11.1 Å². The van der Waals surface area contributed by atoms with Crippen LogP contribution in [0, 0.1) is 6.92 Å². The van der Waals surface area contributed by atoms with Gasteiger partial charge in [-0.05, 0) is 48.2 Å². The zero-order valence-corrected chi connectivity index (χ0v) is 16.7. The summed E-state index contributed by atoms with van der Waals surface area (Å²) in [7, 11) is 1.63. The molecular weight excluding hydrogens is 340 g/mol. The number of nitrogens with one attached hydrogen (secondary N) is 2. The van der Waals surface area contributed by atoms with E-state index in [1.807, 2.05) is 24.3 Å². The maximum absolute atomic E-state index is 12.0. The van der Waals surface area contributed by atoms with Crippen LogP contribution < -0.4 is 20.1 Å². The predicted molar refractivity (Wildman–Crippen MR) is 110 cm³/mol. The summed E-state index contributed by atoms with van der Waals surface area (Å²) < 4.78 is 10.7. The van der Waals surface area contributed by atoms with Gasteiger partial charge in [-0.2, -0.15) is 0 Å². The molecule has 0 saturated carbocycles. The topological polar surface area (TPSA) is 59.6 Å². The largest absolute Gasteiger partial charge is 0.497 e. The minimum absolute atomic E-state index is 0.0144. The maximum atomic E-state index is 12.0. The Balaban J connectivity index is 1.68. The summed E-state index contributed by atoms with van der Waals surface area (Å²) >= 11 is 0. The second-order valence-corrected chi connectivity index (χ2v) is 6.74. The monoisotopic (exact) mass is 370 g/mol. The molecule has 0 heterocycles. The lowest BCUT2D eigenvalue weighted by atomic mass is 9.98. The van der Waals surface area contributed by atoms with Crippen LogP contribution >= 0.6 is 0 Å². The molecule has 0 aliphatic rings. The van der Waals surface area contributed by atoms with Gasteiger partial charge in [-0.15, -0.1) is 0 Å². The number of hydrogen-bond donors (Lipinski definition) is 2. The van der Waals surface area contributed by atoms with E-state index in [1.54, 1.807) is 7.11 Å². The molecule has 0 atom stereocenters. The van der Waals surface area contributed by atoms with Crippen molar-refractivity contribution >= 4 is 11.6 Å². The van der Waals surface area contributed by atoms with Crippen LogP contribution in [0.4, 0.5) is 5.69 Å². The Kier molecular flexibility index (Phi) is 7.99. The molecule has 5 heteroatoms. The number of rotatable bonds is 10. The number of benzene rings is 2. The third kappa shape index (κ3) is 6.51. The number of carbonyl (C=O) groups excluding carboxylic acids is 1. The van der Waals surface area contributed by atoms with E-state index < -0.39 is 0 Å². The van der Waals surface area contributed by atoms with Crippen molar-refractivity contribution in [1.82, 2.24) is 5.32 Å². The molecule has 2 aromatic rings. The van der Waals surface area contributed by atoms with Crippen LogP contribution in [0.1, 0.15) is 37.3 Å². The van der Waals surface area contributed by atoms with Crippen molar-refractivity contribution in [2.75, 3.05) is 32.1 Å². The third-order valence-corrected chi connectivity index (χ3v) is 4.33. The summed E-state index contributed by atoms with van der Waals surface area (Å²) in [4.78, 5) is 12.0. The van der Waals surface area contributed by atoms with Gasteiger partial charge in [0.25, 0.3) is 0 Å². The van der Waals surface area contributed by atoms with E-state index >= 15 is 0 Å². The first-order chi connectivity index (χ1) is 13.0. The van der Waals surface area contributed by atoms with Gasteiger partial charge < -0.3 is 20.1 Å². The standard InChI is InChI=1S/C22H30N2O3/c1-16(2)20-7-5-6-17(3)22(20)24-13-12-21(25)23-14-15-27-19-10-8-18(26-4)9-11-19/h5-11,16,24H,12-15H2,1-4H3,(H,23,25). The van der Waals surface area contributed by atoms with Crippen molar-refractivity contribution in [1.29, 1.82) is 0 Å². The lowest BCUT2D eigenvalue weighted by Crippen LogP contribution is -2.29. The Labute approximate surface area is 162 Å². The summed E-state index contributed by atoms with van der Waals surface area (Å²) in [5.41, 5.74) is 3.63. The molecule has 0 saturated heterocycles. The summed E-state index contributed by atoms with van der Waals surface area (Å²) in [6, 6.07) is 13.7. The minimum Gasteiger partial charge on any atom is -0.497 e. The molecule has 0 radical (unpaired) electrons. The number of aryl methyl sites for hydroxylation is 1. The molecule has 0 bridgehead atoms. The fourth-order valence-corrected chi connectivity index (χ4v) is 2.83. The molecule has 2 N–H and O–H groups in total. The summed E-state index contributed by atoms with van der Waals surface area (Å²) in [5.74, 6) is 2.00. The van der Waals surface area contributed by atoms with Gasteiger partial charge in [-0.1, -0.05) is 32.0 Å². The number of anilines is 1. The molecule has 5 nitrogen and oxygen atoms in total. The average molecular weight is 370 g/mol. The first kappa shape index (κ1) is 20.6. The van der Waals surface area contributed by atoms with Gasteiger partial charge >= 0.3 is 0 Å². The first-order valence-electron chi connectivity index (χ1n) is 9.38. The molecule has 27 heavy (non-hydrogen) atoms. The van der Waals surface area contributed by atoms with Crippen molar-refractivity contribution in [3.8, 4) is 11.5 Å². The first-order valence-corrected chi connectivity index (χ1v) is 9.38. The number of carbonyl (C=O) groups is 1. The predicted octanol–water partition coefficient (Wildman–Crippen LogP) is 4.12. The van der Waals surface area contributed by atoms with E-state index in [4.69, 9.17) is 9.47 Å². The van der Waals surface area contributed by atoms with Crippen LogP contribution in [0.5, 0.6) is 11.5 Å². The van der Waals surface area contributed by atoms with Gasteiger partial charge in [0.2, 0.25) is 5.91 Å². The van der Waals surface area contributed by atoms with Gasteiger partial charge in [0.15, 0.2) is 0 Å². The Morgan fingerprint density at radius 1 is 1.04 bits per heavy atom. The third-order valence-electron chi connectivity index (χ3n) is 4.33. The number of ether oxygens (including phenoxy) is 2. The van der Waals surface area contributed by atoms with Crippen molar-refractivity contribution < 1.29 is 14.3 Å². The Morgan fingerprint density at radius 2 is 1.74 bits per heavy atom. The Hall–Kier alpha value is -2.69. The lowest BCUT2D eigenvalue weighted by Gasteiger charge is -2.17.